The van der Waals surface area contributed by atoms with Crippen LogP contribution in [0, 0.1) is 0 Å². The highest BCUT2D eigenvalue weighted by molar-refractivity contribution is 5.67. The van der Waals surface area contributed by atoms with Crippen LogP contribution in [0.25, 0.3) is 0 Å². The van der Waals surface area contributed by atoms with Gasteiger partial charge in [0.1, 0.15) is 5.60 Å². The molecule has 0 atom stereocenters. The van der Waals surface area contributed by atoms with Gasteiger partial charge in [0.25, 0.3) is 0 Å². The summed E-state index contributed by atoms with van der Waals surface area (Å²) in [5.74, 6) is 0. The number of hydrogen-bond acceptors (Lipinski definition) is 14. The second-order valence-corrected chi connectivity index (χ2v) is 10.3. The maximum absolute atomic E-state index is 11.5. The summed E-state index contributed by atoms with van der Waals surface area (Å²) in [6.45, 7) is 17.9. The van der Waals surface area contributed by atoms with E-state index in [2.05, 4.69) is 10.6 Å². The Morgan fingerprint density at radius 3 is 0.844 bits per heavy atom. The van der Waals surface area contributed by atoms with Crippen LogP contribution in [0.1, 0.15) is 20.8 Å². The standard InChI is InChI=1S/C30H62N2O13/c1-30(2,3)45-29(33)32-6-8-35-10-12-37-14-16-39-18-20-41-22-24-43-26-28-44-27-25-42-23-21-40-19-17-38-15-13-36-11-9-34-7-5-31-4/h31H,5-28H2,1-4H3,(H,32,33). The van der Waals surface area contributed by atoms with Gasteiger partial charge in [-0.05, 0) is 27.8 Å². The Balaban J connectivity index is 3.09. The highest BCUT2D eigenvalue weighted by Crippen LogP contribution is 2.06. The predicted molar refractivity (Wildman–Crippen MR) is 167 cm³/mol. The zero-order valence-corrected chi connectivity index (χ0v) is 28.3. The lowest BCUT2D eigenvalue weighted by Gasteiger charge is -2.19. The fourth-order valence-corrected chi connectivity index (χ4v) is 3.01. The molecule has 15 heteroatoms. The van der Waals surface area contributed by atoms with Crippen molar-refractivity contribution < 1.29 is 61.6 Å². The molecule has 0 unspecified atom stereocenters. The highest BCUT2D eigenvalue weighted by Gasteiger charge is 2.15. The number of rotatable bonds is 36. The third-order valence-corrected chi connectivity index (χ3v) is 5.13. The molecule has 15 nitrogen and oxygen atoms in total. The Morgan fingerprint density at radius 2 is 0.622 bits per heavy atom. The van der Waals surface area contributed by atoms with E-state index in [-0.39, 0.29) is 0 Å². The van der Waals surface area contributed by atoms with Gasteiger partial charge >= 0.3 is 6.09 Å². The van der Waals surface area contributed by atoms with E-state index in [0.717, 1.165) is 6.54 Å². The summed E-state index contributed by atoms with van der Waals surface area (Å²) in [5, 5.41) is 5.65. The summed E-state index contributed by atoms with van der Waals surface area (Å²) < 4.78 is 64.9. The SMILES string of the molecule is CNCCOCCOCCOCCOCCOCCOCCOCCOCCOCCOCCOCCNC(=O)OC(C)(C)C. The van der Waals surface area contributed by atoms with Gasteiger partial charge in [-0.25, -0.2) is 4.79 Å². The van der Waals surface area contributed by atoms with Crippen LogP contribution >= 0.6 is 0 Å². The van der Waals surface area contributed by atoms with Crippen molar-refractivity contribution in [1.29, 1.82) is 0 Å². The van der Waals surface area contributed by atoms with Gasteiger partial charge < -0.3 is 67.5 Å². The number of alkyl carbamates (subject to hydrolysis) is 1. The summed E-state index contributed by atoms with van der Waals surface area (Å²) in [6.07, 6.45) is -0.452. The van der Waals surface area contributed by atoms with E-state index >= 15 is 0 Å². The van der Waals surface area contributed by atoms with Gasteiger partial charge in [-0.1, -0.05) is 0 Å². The molecule has 1 amide bonds. The summed E-state index contributed by atoms with van der Waals surface area (Å²) >= 11 is 0. The Morgan fingerprint density at radius 1 is 0.400 bits per heavy atom. The summed E-state index contributed by atoms with van der Waals surface area (Å²) in [6, 6.07) is 0. The van der Waals surface area contributed by atoms with Crippen LogP contribution in [0.5, 0.6) is 0 Å². The van der Waals surface area contributed by atoms with Crippen molar-refractivity contribution in [3.05, 3.63) is 0 Å². The number of amides is 1. The van der Waals surface area contributed by atoms with Gasteiger partial charge in [-0.3, -0.25) is 0 Å². The quantitative estimate of drug-likeness (QED) is 0.0918. The van der Waals surface area contributed by atoms with E-state index in [4.69, 9.17) is 56.8 Å². The molecular formula is C30H62N2O13. The number of ether oxygens (including phenoxy) is 12. The lowest BCUT2D eigenvalue weighted by atomic mass is 10.2. The Hall–Kier alpha value is -1.21. The molecule has 0 aliphatic carbocycles. The number of nitrogens with one attached hydrogen (secondary N) is 2. The van der Waals surface area contributed by atoms with Gasteiger partial charge in [-0.2, -0.15) is 0 Å². The third kappa shape index (κ3) is 40.8. The van der Waals surface area contributed by atoms with E-state index in [9.17, 15) is 4.79 Å². The van der Waals surface area contributed by atoms with Crippen molar-refractivity contribution in [1.82, 2.24) is 10.6 Å². The van der Waals surface area contributed by atoms with Crippen LogP contribution in [-0.2, 0) is 56.8 Å². The fraction of sp³-hybridized carbons (Fsp3) is 0.967. The molecule has 45 heavy (non-hydrogen) atoms. The Kier molecular flexibility index (Phi) is 34.7. The number of carbonyl (C=O) groups excluding carboxylic acids is 1. The monoisotopic (exact) mass is 658 g/mol. The molecule has 0 aromatic carbocycles. The van der Waals surface area contributed by atoms with Crippen molar-refractivity contribution in [2.75, 3.05) is 165 Å². The topological polar surface area (TPSA) is 152 Å². The second-order valence-electron chi connectivity index (χ2n) is 10.3. The number of hydrogen-bond donors (Lipinski definition) is 2. The largest absolute Gasteiger partial charge is 0.444 e. The summed E-state index contributed by atoms with van der Waals surface area (Å²) in [5.41, 5.74) is -0.510. The molecule has 270 valence electrons. The molecule has 0 aromatic heterocycles. The zero-order chi connectivity index (χ0) is 32.9. The Labute approximate surface area is 270 Å². The lowest BCUT2D eigenvalue weighted by Crippen LogP contribution is -2.34. The van der Waals surface area contributed by atoms with E-state index in [1.165, 1.54) is 0 Å². The van der Waals surface area contributed by atoms with Crippen molar-refractivity contribution in [3.8, 4) is 0 Å². The third-order valence-electron chi connectivity index (χ3n) is 5.13. The first kappa shape index (κ1) is 43.8. The average molecular weight is 659 g/mol. The first-order valence-electron chi connectivity index (χ1n) is 15.9. The molecule has 0 aromatic rings. The summed E-state index contributed by atoms with van der Waals surface area (Å²) in [7, 11) is 1.89. The van der Waals surface area contributed by atoms with E-state index in [1.807, 2.05) is 27.8 Å². The Bertz CT molecular complexity index is 601. The average Bonchev–Trinajstić information content (AvgIpc) is 3.00. The molecule has 2 N–H and O–H groups in total. The molecule has 0 fully saturated rings. The maximum Gasteiger partial charge on any atom is 0.407 e. The van der Waals surface area contributed by atoms with Crippen LogP contribution < -0.4 is 10.6 Å². The van der Waals surface area contributed by atoms with E-state index in [1.54, 1.807) is 0 Å². The second kappa shape index (κ2) is 35.6. The first-order chi connectivity index (χ1) is 22.0. The van der Waals surface area contributed by atoms with Crippen molar-refractivity contribution in [2.45, 2.75) is 26.4 Å². The molecule has 0 radical (unpaired) electrons. The van der Waals surface area contributed by atoms with Crippen molar-refractivity contribution in [3.63, 3.8) is 0 Å². The highest BCUT2D eigenvalue weighted by atomic mass is 16.6. The van der Waals surface area contributed by atoms with Gasteiger partial charge in [0.05, 0.1) is 145 Å². The molecule has 0 aliphatic rings. The molecule has 0 saturated carbocycles. The molecule has 0 bridgehead atoms. The number of likely N-dealkylation sites (N-methyl/N-ethyl adjacent to an activating group) is 1. The minimum Gasteiger partial charge on any atom is -0.444 e. The van der Waals surface area contributed by atoms with Gasteiger partial charge in [0, 0.05) is 13.1 Å². The van der Waals surface area contributed by atoms with Crippen LogP contribution in [-0.4, -0.2) is 177 Å². The predicted octanol–water partition coefficient (Wildman–Crippen LogP) is 0.913. The van der Waals surface area contributed by atoms with Gasteiger partial charge in [0.15, 0.2) is 0 Å². The van der Waals surface area contributed by atoms with Gasteiger partial charge in [-0.15, -0.1) is 0 Å². The van der Waals surface area contributed by atoms with Crippen molar-refractivity contribution >= 4 is 6.09 Å². The lowest BCUT2D eigenvalue weighted by molar-refractivity contribution is -0.0274. The smallest absolute Gasteiger partial charge is 0.407 e. The molecule has 0 rings (SSSR count). The summed E-state index contributed by atoms with van der Waals surface area (Å²) in [4.78, 5) is 11.5. The normalized spacial score (nSPS) is 11.7. The minimum absolute atomic E-state index is 0.384. The first-order valence-corrected chi connectivity index (χ1v) is 15.9. The minimum atomic E-state index is -0.510. The van der Waals surface area contributed by atoms with E-state index < -0.39 is 11.7 Å². The van der Waals surface area contributed by atoms with Crippen LogP contribution in [0.2, 0.25) is 0 Å². The molecule has 0 saturated heterocycles. The van der Waals surface area contributed by atoms with Gasteiger partial charge in [0.2, 0.25) is 0 Å². The molecule has 0 heterocycles. The number of carbonyl (C=O) groups is 1. The maximum atomic E-state index is 11.5. The molecule has 0 spiro atoms. The zero-order valence-electron chi connectivity index (χ0n) is 28.3. The van der Waals surface area contributed by atoms with E-state index in [0.29, 0.717) is 152 Å². The van der Waals surface area contributed by atoms with Crippen molar-refractivity contribution in [2.24, 2.45) is 0 Å². The van der Waals surface area contributed by atoms with Crippen LogP contribution in [0.3, 0.4) is 0 Å². The van der Waals surface area contributed by atoms with Crippen LogP contribution in [0.4, 0.5) is 4.79 Å². The van der Waals surface area contributed by atoms with Crippen LogP contribution in [0.15, 0.2) is 0 Å². The fourth-order valence-electron chi connectivity index (χ4n) is 3.01. The molecule has 0 aliphatic heterocycles. The molecular weight excluding hydrogens is 596 g/mol.